The molecule has 0 fully saturated rings. The Balaban J connectivity index is 2.18. The summed E-state index contributed by atoms with van der Waals surface area (Å²) in [6.45, 7) is 1.85. The van der Waals surface area contributed by atoms with Crippen molar-refractivity contribution in [3.63, 3.8) is 0 Å². The van der Waals surface area contributed by atoms with Gasteiger partial charge in [-0.05, 0) is 36.8 Å². The van der Waals surface area contributed by atoms with Gasteiger partial charge in [-0.2, -0.15) is 0 Å². The Bertz CT molecular complexity index is 777. The largest absolute Gasteiger partial charge is 0.458 e. The van der Waals surface area contributed by atoms with Gasteiger partial charge in [0, 0.05) is 0 Å². The van der Waals surface area contributed by atoms with Gasteiger partial charge in [0.2, 0.25) is 5.76 Å². The van der Waals surface area contributed by atoms with Crippen LogP contribution in [0.2, 0.25) is 10.0 Å². The van der Waals surface area contributed by atoms with Crippen LogP contribution in [0.25, 0.3) is 22.6 Å². The molecular formula is C14H10Cl2N2O2. The van der Waals surface area contributed by atoms with Gasteiger partial charge in [0.1, 0.15) is 5.76 Å². The van der Waals surface area contributed by atoms with Crippen LogP contribution in [0.4, 0.5) is 5.82 Å². The van der Waals surface area contributed by atoms with Crippen LogP contribution in [-0.4, -0.2) is 5.16 Å². The predicted molar refractivity (Wildman–Crippen MR) is 78.8 cm³/mol. The van der Waals surface area contributed by atoms with E-state index in [-0.39, 0.29) is 5.82 Å². The summed E-state index contributed by atoms with van der Waals surface area (Å²) in [5.74, 6) is 2.07. The lowest BCUT2D eigenvalue weighted by molar-refractivity contribution is 0.418. The number of nitrogens with zero attached hydrogens (tertiary/aromatic N) is 1. The minimum Gasteiger partial charge on any atom is -0.458 e. The summed E-state index contributed by atoms with van der Waals surface area (Å²) in [4.78, 5) is 0. The minimum atomic E-state index is 0.271. The van der Waals surface area contributed by atoms with Crippen LogP contribution in [0, 0.1) is 6.92 Å². The molecule has 2 aromatic heterocycles. The molecule has 102 valence electrons. The normalized spacial score (nSPS) is 10.9. The number of hydrogen-bond acceptors (Lipinski definition) is 4. The standard InChI is InChI=1S/C14H10Cl2N2O2/c1-7-2-5-11(19-7)13-12(14(17)18-20-13)8-3-4-9(15)10(16)6-8/h2-6H,1H3,(H2,17,18). The van der Waals surface area contributed by atoms with Crippen LogP contribution in [0.5, 0.6) is 0 Å². The van der Waals surface area contributed by atoms with Gasteiger partial charge in [0.05, 0.1) is 15.6 Å². The first-order valence-corrected chi connectivity index (χ1v) is 6.59. The van der Waals surface area contributed by atoms with Crippen LogP contribution in [0.3, 0.4) is 0 Å². The number of nitrogens with two attached hydrogens (primary N) is 1. The van der Waals surface area contributed by atoms with Gasteiger partial charge in [-0.3, -0.25) is 0 Å². The Hall–Kier alpha value is -1.91. The summed E-state index contributed by atoms with van der Waals surface area (Å²) < 4.78 is 10.8. The second kappa shape index (κ2) is 4.89. The molecule has 0 amide bonds. The molecule has 0 atom stereocenters. The molecule has 2 N–H and O–H groups in total. The molecule has 0 saturated heterocycles. The maximum atomic E-state index is 6.04. The molecule has 0 bridgehead atoms. The van der Waals surface area contributed by atoms with Gasteiger partial charge in [-0.15, -0.1) is 0 Å². The molecule has 3 aromatic rings. The highest BCUT2D eigenvalue weighted by Crippen LogP contribution is 2.39. The highest BCUT2D eigenvalue weighted by molar-refractivity contribution is 6.42. The summed E-state index contributed by atoms with van der Waals surface area (Å²) in [5, 5.41) is 4.71. The Morgan fingerprint density at radius 3 is 2.55 bits per heavy atom. The second-order valence-electron chi connectivity index (χ2n) is 4.31. The van der Waals surface area contributed by atoms with Crippen LogP contribution in [0.15, 0.2) is 39.3 Å². The molecule has 2 heterocycles. The van der Waals surface area contributed by atoms with Crippen molar-refractivity contribution in [3.8, 4) is 22.6 Å². The molecule has 0 saturated carbocycles. The van der Waals surface area contributed by atoms with E-state index in [1.54, 1.807) is 24.3 Å². The maximum absolute atomic E-state index is 6.04. The number of halogens is 2. The zero-order valence-electron chi connectivity index (χ0n) is 10.5. The average molecular weight is 309 g/mol. The number of hydrogen-bond donors (Lipinski definition) is 1. The third-order valence-electron chi connectivity index (χ3n) is 2.89. The topological polar surface area (TPSA) is 65.2 Å². The van der Waals surface area contributed by atoms with E-state index in [9.17, 15) is 0 Å². The predicted octanol–water partition coefficient (Wildman–Crippen LogP) is 4.80. The highest BCUT2D eigenvalue weighted by atomic mass is 35.5. The molecule has 0 radical (unpaired) electrons. The molecule has 0 spiro atoms. The first-order chi connectivity index (χ1) is 9.56. The minimum absolute atomic E-state index is 0.271. The van der Waals surface area contributed by atoms with Crippen molar-refractivity contribution in [1.82, 2.24) is 5.16 Å². The number of nitrogen functional groups attached to an aromatic ring is 1. The Labute approximate surface area is 125 Å². The third kappa shape index (κ3) is 2.17. The summed E-state index contributed by atoms with van der Waals surface area (Å²) in [5.41, 5.74) is 7.29. The van der Waals surface area contributed by atoms with Gasteiger partial charge >= 0.3 is 0 Å². The highest BCUT2D eigenvalue weighted by Gasteiger charge is 2.20. The molecule has 0 aliphatic heterocycles. The second-order valence-corrected chi connectivity index (χ2v) is 5.13. The van der Waals surface area contributed by atoms with Crippen molar-refractivity contribution in [1.29, 1.82) is 0 Å². The summed E-state index contributed by atoms with van der Waals surface area (Å²) >= 11 is 12.0. The summed E-state index contributed by atoms with van der Waals surface area (Å²) in [6.07, 6.45) is 0. The van der Waals surface area contributed by atoms with Gasteiger partial charge in [0.15, 0.2) is 11.6 Å². The number of aromatic nitrogens is 1. The molecule has 6 heteroatoms. The molecule has 4 nitrogen and oxygen atoms in total. The van der Waals surface area contributed by atoms with E-state index in [4.69, 9.17) is 37.9 Å². The first-order valence-electron chi connectivity index (χ1n) is 5.83. The number of aryl methyl sites for hydroxylation is 1. The van der Waals surface area contributed by atoms with Crippen molar-refractivity contribution >= 4 is 29.0 Å². The van der Waals surface area contributed by atoms with Gasteiger partial charge in [-0.25, -0.2) is 0 Å². The lowest BCUT2D eigenvalue weighted by Gasteiger charge is -2.03. The van der Waals surface area contributed by atoms with Gasteiger partial charge < -0.3 is 14.7 Å². The zero-order chi connectivity index (χ0) is 14.3. The number of anilines is 1. The molecule has 3 rings (SSSR count). The molecular weight excluding hydrogens is 299 g/mol. The molecule has 1 aromatic carbocycles. The average Bonchev–Trinajstić information content (AvgIpc) is 2.99. The van der Waals surface area contributed by atoms with Crippen LogP contribution >= 0.6 is 23.2 Å². The van der Waals surface area contributed by atoms with Crippen molar-refractivity contribution in [3.05, 3.63) is 46.1 Å². The fourth-order valence-corrected chi connectivity index (χ4v) is 2.26. The van der Waals surface area contributed by atoms with E-state index in [0.717, 1.165) is 11.3 Å². The Morgan fingerprint density at radius 2 is 1.90 bits per heavy atom. The fraction of sp³-hybridized carbons (Fsp3) is 0.0714. The zero-order valence-corrected chi connectivity index (χ0v) is 12.0. The SMILES string of the molecule is Cc1ccc(-c2onc(N)c2-c2ccc(Cl)c(Cl)c2)o1. The van der Waals surface area contributed by atoms with E-state index in [1.807, 2.05) is 13.0 Å². The van der Waals surface area contributed by atoms with E-state index in [0.29, 0.717) is 27.1 Å². The van der Waals surface area contributed by atoms with E-state index in [2.05, 4.69) is 5.16 Å². The molecule has 20 heavy (non-hydrogen) atoms. The molecule has 0 aliphatic carbocycles. The van der Waals surface area contributed by atoms with E-state index < -0.39 is 0 Å². The van der Waals surface area contributed by atoms with Crippen molar-refractivity contribution in [2.75, 3.05) is 5.73 Å². The van der Waals surface area contributed by atoms with Crippen LogP contribution in [-0.2, 0) is 0 Å². The third-order valence-corrected chi connectivity index (χ3v) is 3.63. The Morgan fingerprint density at radius 1 is 1.10 bits per heavy atom. The lowest BCUT2D eigenvalue weighted by atomic mass is 10.0. The van der Waals surface area contributed by atoms with E-state index in [1.165, 1.54) is 0 Å². The number of rotatable bonds is 2. The number of benzene rings is 1. The fourth-order valence-electron chi connectivity index (χ4n) is 1.96. The monoisotopic (exact) mass is 308 g/mol. The Kier molecular flexibility index (Phi) is 3.20. The summed E-state index contributed by atoms with van der Waals surface area (Å²) in [7, 11) is 0. The van der Waals surface area contributed by atoms with E-state index >= 15 is 0 Å². The van der Waals surface area contributed by atoms with Crippen molar-refractivity contribution < 1.29 is 8.94 Å². The van der Waals surface area contributed by atoms with Crippen LogP contribution in [0.1, 0.15) is 5.76 Å². The van der Waals surface area contributed by atoms with Crippen molar-refractivity contribution in [2.24, 2.45) is 0 Å². The molecule has 0 unspecified atom stereocenters. The summed E-state index contributed by atoms with van der Waals surface area (Å²) in [6, 6.07) is 8.86. The van der Waals surface area contributed by atoms with Gasteiger partial charge in [-0.1, -0.05) is 34.4 Å². The first kappa shape index (κ1) is 13.1. The number of furan rings is 1. The molecule has 0 aliphatic rings. The quantitative estimate of drug-likeness (QED) is 0.738. The van der Waals surface area contributed by atoms with Crippen LogP contribution < -0.4 is 5.73 Å². The van der Waals surface area contributed by atoms with Crippen molar-refractivity contribution in [2.45, 2.75) is 6.92 Å². The smallest absolute Gasteiger partial charge is 0.212 e. The lowest BCUT2D eigenvalue weighted by Crippen LogP contribution is -1.88. The maximum Gasteiger partial charge on any atom is 0.212 e. The van der Waals surface area contributed by atoms with Gasteiger partial charge in [0.25, 0.3) is 0 Å².